The van der Waals surface area contributed by atoms with E-state index in [-0.39, 0.29) is 18.0 Å². The number of nitrogens with zero attached hydrogens (tertiary/aromatic N) is 3. The largest absolute Gasteiger partial charge is 0.478 e. The van der Waals surface area contributed by atoms with Crippen molar-refractivity contribution in [1.82, 2.24) is 9.88 Å². The van der Waals surface area contributed by atoms with E-state index in [2.05, 4.69) is 4.98 Å². The molecule has 6 heteroatoms. The number of carboxylic acids is 1. The van der Waals surface area contributed by atoms with Crippen molar-refractivity contribution in [2.75, 3.05) is 13.6 Å². The van der Waals surface area contributed by atoms with Crippen LogP contribution < -0.4 is 0 Å². The molecule has 0 aliphatic rings. The van der Waals surface area contributed by atoms with Crippen LogP contribution in [0.4, 0.5) is 0 Å². The molecule has 1 rings (SSSR count). The molecule has 0 radical (unpaired) electrons. The Labute approximate surface area is 110 Å². The summed E-state index contributed by atoms with van der Waals surface area (Å²) in [6, 6.07) is 5.18. The Kier molecular flexibility index (Phi) is 5.23. The van der Waals surface area contributed by atoms with Crippen LogP contribution in [0, 0.1) is 11.3 Å². The Morgan fingerprint density at radius 2 is 2.32 bits per heavy atom. The topological polar surface area (TPSA) is 94.3 Å². The minimum Gasteiger partial charge on any atom is -0.478 e. The van der Waals surface area contributed by atoms with Crippen molar-refractivity contribution in [3.05, 3.63) is 35.7 Å². The van der Waals surface area contributed by atoms with E-state index in [4.69, 9.17) is 10.4 Å². The Morgan fingerprint density at radius 3 is 2.95 bits per heavy atom. The van der Waals surface area contributed by atoms with Crippen molar-refractivity contribution in [3.8, 4) is 6.07 Å². The number of hydrogen-bond donors (Lipinski definition) is 1. The highest BCUT2D eigenvalue weighted by molar-refractivity contribution is 5.97. The molecular weight excluding hydrogens is 246 g/mol. The monoisotopic (exact) mass is 259 g/mol. The van der Waals surface area contributed by atoms with E-state index in [9.17, 15) is 9.59 Å². The van der Waals surface area contributed by atoms with Crippen LogP contribution in [0.5, 0.6) is 0 Å². The SMILES string of the molecule is CN(CCC#N)C(=O)c1ncccc1/C=C/C(=O)O. The van der Waals surface area contributed by atoms with Crippen LogP contribution in [0.2, 0.25) is 0 Å². The van der Waals surface area contributed by atoms with Crippen molar-refractivity contribution in [2.24, 2.45) is 0 Å². The van der Waals surface area contributed by atoms with Crippen LogP contribution in [-0.4, -0.2) is 40.5 Å². The van der Waals surface area contributed by atoms with E-state index >= 15 is 0 Å². The van der Waals surface area contributed by atoms with Gasteiger partial charge in [-0.15, -0.1) is 0 Å². The summed E-state index contributed by atoms with van der Waals surface area (Å²) in [5, 5.41) is 17.1. The molecule has 98 valence electrons. The van der Waals surface area contributed by atoms with Gasteiger partial charge < -0.3 is 10.0 Å². The summed E-state index contributed by atoms with van der Waals surface area (Å²) >= 11 is 0. The normalized spacial score (nSPS) is 10.1. The third-order valence-electron chi connectivity index (χ3n) is 2.35. The Balaban J connectivity index is 2.97. The summed E-state index contributed by atoms with van der Waals surface area (Å²) in [4.78, 5) is 27.9. The van der Waals surface area contributed by atoms with Gasteiger partial charge in [-0.2, -0.15) is 5.26 Å². The molecule has 1 N–H and O–H groups in total. The second kappa shape index (κ2) is 6.91. The number of rotatable bonds is 5. The van der Waals surface area contributed by atoms with Gasteiger partial charge >= 0.3 is 5.97 Å². The lowest BCUT2D eigenvalue weighted by Crippen LogP contribution is -2.29. The molecule has 0 aliphatic heterocycles. The van der Waals surface area contributed by atoms with Crippen LogP contribution in [0.15, 0.2) is 24.4 Å². The van der Waals surface area contributed by atoms with Gasteiger partial charge in [-0.3, -0.25) is 9.78 Å². The lowest BCUT2D eigenvalue weighted by Gasteiger charge is -2.15. The smallest absolute Gasteiger partial charge is 0.328 e. The molecule has 0 aliphatic carbocycles. The van der Waals surface area contributed by atoms with Crippen molar-refractivity contribution in [1.29, 1.82) is 5.26 Å². The summed E-state index contributed by atoms with van der Waals surface area (Å²) in [6.45, 7) is 0.300. The molecular formula is C13H13N3O3. The summed E-state index contributed by atoms with van der Waals surface area (Å²) in [7, 11) is 1.57. The second-order valence-corrected chi connectivity index (χ2v) is 3.75. The zero-order valence-electron chi connectivity index (χ0n) is 10.4. The Morgan fingerprint density at radius 1 is 1.58 bits per heavy atom. The molecule has 0 bridgehead atoms. The summed E-state index contributed by atoms with van der Waals surface area (Å²) in [6.07, 6.45) is 3.96. The predicted molar refractivity (Wildman–Crippen MR) is 68.1 cm³/mol. The van der Waals surface area contributed by atoms with Crippen LogP contribution in [0.1, 0.15) is 22.5 Å². The van der Waals surface area contributed by atoms with E-state index in [0.29, 0.717) is 12.1 Å². The first-order chi connectivity index (χ1) is 9.06. The number of pyridine rings is 1. The summed E-state index contributed by atoms with van der Waals surface area (Å²) in [5.74, 6) is -1.44. The highest BCUT2D eigenvalue weighted by Crippen LogP contribution is 2.10. The van der Waals surface area contributed by atoms with Gasteiger partial charge in [0.05, 0.1) is 12.5 Å². The van der Waals surface area contributed by atoms with Crippen LogP contribution >= 0.6 is 0 Å². The number of hydrogen-bond acceptors (Lipinski definition) is 4. The van der Waals surface area contributed by atoms with Gasteiger partial charge in [0.1, 0.15) is 5.69 Å². The summed E-state index contributed by atoms with van der Waals surface area (Å²) < 4.78 is 0. The zero-order chi connectivity index (χ0) is 14.3. The van der Waals surface area contributed by atoms with Crippen LogP contribution in [0.25, 0.3) is 6.08 Å². The van der Waals surface area contributed by atoms with Gasteiger partial charge in [0, 0.05) is 31.4 Å². The van der Waals surface area contributed by atoms with E-state index in [1.165, 1.54) is 17.2 Å². The third-order valence-corrected chi connectivity index (χ3v) is 2.35. The molecule has 0 fully saturated rings. The average Bonchev–Trinajstić information content (AvgIpc) is 2.42. The zero-order valence-corrected chi connectivity index (χ0v) is 10.4. The first kappa shape index (κ1) is 14.4. The van der Waals surface area contributed by atoms with Gasteiger partial charge in [-0.05, 0) is 12.1 Å². The molecule has 0 aromatic carbocycles. The highest BCUT2D eigenvalue weighted by Gasteiger charge is 2.15. The molecule has 0 saturated carbocycles. The van der Waals surface area contributed by atoms with Crippen LogP contribution in [0.3, 0.4) is 0 Å². The molecule has 1 heterocycles. The van der Waals surface area contributed by atoms with Crippen molar-refractivity contribution in [3.63, 3.8) is 0 Å². The lowest BCUT2D eigenvalue weighted by atomic mass is 10.1. The minimum absolute atomic E-state index is 0.167. The quantitative estimate of drug-likeness (QED) is 0.801. The van der Waals surface area contributed by atoms with Crippen molar-refractivity contribution in [2.45, 2.75) is 6.42 Å². The number of nitriles is 1. The molecule has 1 aromatic rings. The van der Waals surface area contributed by atoms with Crippen molar-refractivity contribution >= 4 is 18.0 Å². The minimum atomic E-state index is -1.10. The lowest BCUT2D eigenvalue weighted by molar-refractivity contribution is -0.131. The van der Waals surface area contributed by atoms with Gasteiger partial charge in [-0.25, -0.2) is 4.79 Å². The maximum absolute atomic E-state index is 12.1. The number of amides is 1. The molecule has 19 heavy (non-hydrogen) atoms. The molecule has 1 aromatic heterocycles. The predicted octanol–water partition coefficient (Wildman–Crippen LogP) is 1.17. The molecule has 0 atom stereocenters. The van der Waals surface area contributed by atoms with E-state index < -0.39 is 5.97 Å². The standard InChI is InChI=1S/C13H13N3O3/c1-16(9-3-7-14)13(19)12-10(4-2-8-15-12)5-6-11(17)18/h2,4-6,8H,3,9H2,1H3,(H,17,18)/b6-5+. The highest BCUT2D eigenvalue weighted by atomic mass is 16.4. The number of carbonyl (C=O) groups excluding carboxylic acids is 1. The maximum Gasteiger partial charge on any atom is 0.328 e. The third kappa shape index (κ3) is 4.24. The van der Waals surface area contributed by atoms with E-state index in [1.54, 1.807) is 19.2 Å². The molecule has 0 saturated heterocycles. The van der Waals surface area contributed by atoms with Gasteiger partial charge in [-0.1, -0.05) is 6.07 Å². The number of carboxylic acid groups (broad SMARTS) is 1. The average molecular weight is 259 g/mol. The van der Waals surface area contributed by atoms with Crippen LogP contribution in [-0.2, 0) is 4.79 Å². The van der Waals surface area contributed by atoms with Gasteiger partial charge in [0.25, 0.3) is 5.91 Å². The number of aromatic nitrogens is 1. The fourth-order valence-electron chi connectivity index (χ4n) is 1.39. The number of aliphatic carboxylic acids is 1. The van der Waals surface area contributed by atoms with Crippen molar-refractivity contribution < 1.29 is 14.7 Å². The van der Waals surface area contributed by atoms with E-state index in [0.717, 1.165) is 6.08 Å². The molecule has 0 spiro atoms. The van der Waals surface area contributed by atoms with E-state index in [1.807, 2.05) is 6.07 Å². The number of carbonyl (C=O) groups is 2. The first-order valence-corrected chi connectivity index (χ1v) is 5.54. The fourth-order valence-corrected chi connectivity index (χ4v) is 1.39. The first-order valence-electron chi connectivity index (χ1n) is 5.54. The fraction of sp³-hybridized carbons (Fsp3) is 0.231. The second-order valence-electron chi connectivity index (χ2n) is 3.75. The Hall–Kier alpha value is -2.68. The molecule has 1 amide bonds. The summed E-state index contributed by atoms with van der Waals surface area (Å²) in [5.41, 5.74) is 0.596. The maximum atomic E-state index is 12.1. The van der Waals surface area contributed by atoms with Gasteiger partial charge in [0.15, 0.2) is 0 Å². The molecule has 6 nitrogen and oxygen atoms in total. The Bertz CT molecular complexity index is 546. The molecule has 0 unspecified atom stereocenters. The van der Waals surface area contributed by atoms with Gasteiger partial charge in [0.2, 0.25) is 0 Å².